The first-order chi connectivity index (χ1) is 34.4. The minimum absolute atomic E-state index is 0.0309. The normalized spacial score (nSPS) is 12.2. The van der Waals surface area contributed by atoms with E-state index in [2.05, 4.69) is 46.3 Å². The molecule has 0 aliphatic heterocycles. The van der Waals surface area contributed by atoms with E-state index >= 15 is 0 Å². The number of rotatable bonds is 29. The summed E-state index contributed by atoms with van der Waals surface area (Å²) in [5, 5.41) is 25.5. The summed E-state index contributed by atoms with van der Waals surface area (Å²) < 4.78 is 86.8. The molecule has 0 bridgehead atoms. The summed E-state index contributed by atoms with van der Waals surface area (Å²) in [5.41, 5.74) is 8.70. The number of benzene rings is 2. The standard InChI is InChI=1S/C40H50F6N8O10.C4H11N.C3H8Se/c1-4-5-10-27(55)51-23(11-12-31(59)60)38(62)49-16-28(56)48-17-29(57)53-26(15-21-32(42)34(44)36(46)35(45)33(21)43)40(64)54-25(14-20-8-6-7-9-22(20)41)39(63)50-18-30(58)52-24(37(47)61)13-19(2)3;1-2-3-4-5;1-3-4-2/h6-9,19,23-26H,4-5,10-18H2,1-3H3,(H2,47,61)(H,48,56)(H,49,62)(H,50,63)(H,51,55)(H,52,58)(H,53,57)(H,54,64)(H,59,60);2-5H2,1H3;3H2,1-2H3/t23-,24-,25?,26-;;/m0../s1. The third-order valence-corrected chi connectivity index (χ3v) is 11.2. The zero-order valence-electron chi connectivity index (χ0n) is 41.8. The second-order valence-corrected chi connectivity index (χ2v) is 18.9. The van der Waals surface area contributed by atoms with E-state index in [1.807, 2.05) is 17.6 Å². The van der Waals surface area contributed by atoms with Crippen molar-refractivity contribution >= 4 is 68.2 Å². The fourth-order valence-corrected chi connectivity index (χ4v) is 5.98. The van der Waals surface area contributed by atoms with Crippen LogP contribution in [0.3, 0.4) is 0 Å². The molecule has 2 aromatic carbocycles. The monoisotopic (exact) mass is 1110 g/mol. The van der Waals surface area contributed by atoms with Crippen molar-refractivity contribution in [3.63, 3.8) is 0 Å². The molecule has 2 aromatic rings. The predicted octanol–water partition coefficient (Wildman–Crippen LogP) is 2.10. The average molecular weight is 1110 g/mol. The van der Waals surface area contributed by atoms with Gasteiger partial charge in [0.1, 0.15) is 30.0 Å². The molecule has 4 atom stereocenters. The molecular formula is C47H69F6N9O10Se. The van der Waals surface area contributed by atoms with Crippen molar-refractivity contribution in [2.45, 2.75) is 134 Å². The van der Waals surface area contributed by atoms with Gasteiger partial charge in [0, 0.05) is 31.2 Å². The number of amides is 8. The fourth-order valence-electron chi connectivity index (χ4n) is 5.98. The van der Waals surface area contributed by atoms with Crippen LogP contribution in [0.5, 0.6) is 0 Å². The maximum absolute atomic E-state index is 14.9. The molecule has 0 aliphatic carbocycles. The number of carbonyl (C=O) groups excluding carboxylic acids is 8. The topological polar surface area (TPSA) is 310 Å². The quantitative estimate of drug-likeness (QED) is 0.0244. The van der Waals surface area contributed by atoms with Crippen molar-refractivity contribution in [2.75, 3.05) is 26.2 Å². The van der Waals surface area contributed by atoms with Crippen molar-refractivity contribution < 1.29 is 74.6 Å². The molecule has 0 saturated carbocycles. The molecule has 0 saturated heterocycles. The number of halogens is 6. The number of carboxylic acids is 1. The maximum atomic E-state index is 14.9. The van der Waals surface area contributed by atoms with Crippen molar-refractivity contribution in [1.29, 1.82) is 0 Å². The van der Waals surface area contributed by atoms with E-state index in [1.54, 1.807) is 13.8 Å². The van der Waals surface area contributed by atoms with Gasteiger partial charge in [-0.2, -0.15) is 0 Å². The van der Waals surface area contributed by atoms with Crippen LogP contribution in [0.1, 0.15) is 97.1 Å². The van der Waals surface area contributed by atoms with E-state index in [0.717, 1.165) is 27.6 Å². The Hall–Kier alpha value is -6.27. The zero-order valence-corrected chi connectivity index (χ0v) is 43.5. The first-order valence-corrected chi connectivity index (χ1v) is 26.3. The Morgan fingerprint density at radius 1 is 0.603 bits per heavy atom. The van der Waals surface area contributed by atoms with Gasteiger partial charge in [0.05, 0.1) is 19.6 Å². The first kappa shape index (κ1) is 66.7. The summed E-state index contributed by atoms with van der Waals surface area (Å²) in [6.07, 6.45) is 0.657. The van der Waals surface area contributed by atoms with Crippen LogP contribution in [0.15, 0.2) is 24.3 Å². The number of nitrogens with two attached hydrogens (primary N) is 2. The Bertz CT molecular complexity index is 2130. The predicted molar refractivity (Wildman–Crippen MR) is 258 cm³/mol. The minimum atomic E-state index is -2.54. The van der Waals surface area contributed by atoms with Crippen LogP contribution in [0.2, 0.25) is 11.1 Å². The van der Waals surface area contributed by atoms with Gasteiger partial charge in [-0.05, 0) is 49.8 Å². The first-order valence-electron chi connectivity index (χ1n) is 23.3. The Kier molecular flexibility index (Phi) is 33.5. The van der Waals surface area contributed by atoms with Gasteiger partial charge in [-0.1, -0.05) is 58.7 Å². The molecule has 19 nitrogen and oxygen atoms in total. The number of carboxylic acid groups (broad SMARTS) is 1. The van der Waals surface area contributed by atoms with Crippen LogP contribution in [-0.2, 0) is 56.0 Å². The molecule has 0 radical (unpaired) electrons. The van der Waals surface area contributed by atoms with Crippen LogP contribution >= 0.6 is 0 Å². The van der Waals surface area contributed by atoms with Crippen LogP contribution in [0.25, 0.3) is 0 Å². The van der Waals surface area contributed by atoms with Crippen LogP contribution in [-0.4, -0.2) is 124 Å². The van der Waals surface area contributed by atoms with E-state index in [1.165, 1.54) is 36.4 Å². The molecule has 0 aromatic heterocycles. The number of unbranched alkanes of at least 4 members (excludes halogenated alkanes) is 2. The summed E-state index contributed by atoms with van der Waals surface area (Å²) in [7, 11) is 0. The van der Waals surface area contributed by atoms with Crippen LogP contribution < -0.4 is 48.7 Å². The Morgan fingerprint density at radius 3 is 1.56 bits per heavy atom. The molecule has 2 rings (SSSR count). The fraction of sp³-hybridized carbons (Fsp3) is 0.553. The zero-order chi connectivity index (χ0) is 55.8. The SMILES string of the molecule is CCCCC(=O)N[C@@H](CCC(=O)O)C(=O)NCC(=O)NCC(=O)N[C@@H](Cc1c(F)c(F)c(F)c(F)c1F)C(=O)NC(Cc1ccccc1F)C(=O)NCC(=O)N[C@@H](CC(C)C)C(N)=O.CCCCN.CC[Se]C. The molecule has 1 unspecified atom stereocenters. The molecule has 26 heteroatoms. The van der Waals surface area contributed by atoms with E-state index < -0.39 is 157 Å². The Morgan fingerprint density at radius 2 is 1.08 bits per heavy atom. The number of aliphatic carboxylic acids is 1. The van der Waals surface area contributed by atoms with Gasteiger partial charge < -0.3 is 53.8 Å². The molecule has 0 spiro atoms. The van der Waals surface area contributed by atoms with Gasteiger partial charge in [-0.15, -0.1) is 0 Å². The molecule has 410 valence electrons. The number of hydrogen-bond donors (Lipinski definition) is 10. The van der Waals surface area contributed by atoms with Crippen molar-refractivity contribution in [3.05, 3.63) is 70.3 Å². The summed E-state index contributed by atoms with van der Waals surface area (Å²) >= 11 is 0.917. The summed E-state index contributed by atoms with van der Waals surface area (Å²) in [6.45, 7) is 7.74. The Labute approximate surface area is 426 Å². The van der Waals surface area contributed by atoms with Gasteiger partial charge in [0.25, 0.3) is 0 Å². The molecular weight excluding hydrogens is 1040 g/mol. The van der Waals surface area contributed by atoms with Crippen molar-refractivity contribution in [2.24, 2.45) is 17.4 Å². The molecule has 0 heterocycles. The summed E-state index contributed by atoms with van der Waals surface area (Å²) in [6, 6.07) is -1.80. The van der Waals surface area contributed by atoms with Gasteiger partial charge in [0.15, 0.2) is 23.3 Å². The summed E-state index contributed by atoms with van der Waals surface area (Å²) in [4.78, 5) is 113. The average Bonchev–Trinajstić information content (AvgIpc) is 3.34. The molecule has 0 aliphatic rings. The molecule has 0 fully saturated rings. The van der Waals surface area contributed by atoms with Gasteiger partial charge in [-0.25, -0.2) is 26.3 Å². The van der Waals surface area contributed by atoms with E-state index in [0.29, 0.717) is 12.8 Å². The van der Waals surface area contributed by atoms with E-state index in [4.69, 9.17) is 16.6 Å². The molecule has 8 amide bonds. The third-order valence-electron chi connectivity index (χ3n) is 9.96. The number of carbonyl (C=O) groups is 9. The second-order valence-electron chi connectivity index (χ2n) is 16.5. The molecule has 73 heavy (non-hydrogen) atoms. The molecule has 12 N–H and O–H groups in total. The van der Waals surface area contributed by atoms with Crippen molar-refractivity contribution in [1.82, 2.24) is 37.2 Å². The number of primary amides is 1. The Balaban J connectivity index is 0.00000527. The van der Waals surface area contributed by atoms with E-state index in [-0.39, 0.29) is 30.7 Å². The van der Waals surface area contributed by atoms with Gasteiger partial charge in [-0.3, -0.25) is 43.2 Å². The van der Waals surface area contributed by atoms with Crippen LogP contribution in [0, 0.1) is 40.8 Å². The third kappa shape index (κ3) is 26.8. The van der Waals surface area contributed by atoms with Gasteiger partial charge >= 0.3 is 39.0 Å². The van der Waals surface area contributed by atoms with Gasteiger partial charge in [0.2, 0.25) is 53.1 Å². The van der Waals surface area contributed by atoms with E-state index in [9.17, 15) is 69.5 Å². The second kappa shape index (κ2) is 36.6. The number of nitrogens with one attached hydrogen (secondary N) is 7. The van der Waals surface area contributed by atoms with Crippen LogP contribution in [0.4, 0.5) is 26.3 Å². The van der Waals surface area contributed by atoms with Crippen molar-refractivity contribution in [3.8, 4) is 0 Å². The number of hydrogen-bond acceptors (Lipinski definition) is 10. The summed E-state index contributed by atoms with van der Waals surface area (Å²) in [5.74, 6) is -20.5.